The van der Waals surface area contributed by atoms with Gasteiger partial charge in [-0.3, -0.25) is 4.90 Å². The Morgan fingerprint density at radius 1 is 1.23 bits per heavy atom. The summed E-state index contributed by atoms with van der Waals surface area (Å²) in [5, 5.41) is 12.3. The maximum atomic E-state index is 5.77. The Morgan fingerprint density at radius 3 is 2.64 bits per heavy atom. The summed E-state index contributed by atoms with van der Waals surface area (Å²) in [6, 6.07) is 6.24. The van der Waals surface area contributed by atoms with E-state index in [0.29, 0.717) is 0 Å². The van der Waals surface area contributed by atoms with Crippen LogP contribution in [-0.2, 0) is 11.3 Å². The number of aromatic nitrogens is 4. The van der Waals surface area contributed by atoms with Crippen molar-refractivity contribution in [2.45, 2.75) is 39.8 Å². The highest BCUT2D eigenvalue weighted by molar-refractivity contribution is 5.46. The van der Waals surface area contributed by atoms with Crippen LogP contribution in [0.2, 0.25) is 0 Å². The molecule has 2 heterocycles. The summed E-state index contributed by atoms with van der Waals surface area (Å²) in [6.45, 7) is 11.7. The van der Waals surface area contributed by atoms with Crippen LogP contribution in [0, 0.1) is 13.8 Å². The fourth-order valence-corrected chi connectivity index (χ4v) is 3.07. The number of tetrazole rings is 1. The van der Waals surface area contributed by atoms with Gasteiger partial charge in [-0.05, 0) is 49.2 Å². The molecule has 2 aromatic rings. The summed E-state index contributed by atoms with van der Waals surface area (Å²) >= 11 is 0. The predicted molar refractivity (Wildman–Crippen MR) is 83.9 cm³/mol. The molecule has 0 radical (unpaired) electrons. The highest BCUT2D eigenvalue weighted by Gasteiger charge is 2.28. The van der Waals surface area contributed by atoms with Crippen LogP contribution < -0.4 is 0 Å². The summed E-state index contributed by atoms with van der Waals surface area (Å²) in [5.74, 6) is 0.870. The molecule has 6 heteroatoms. The van der Waals surface area contributed by atoms with Crippen molar-refractivity contribution in [3.05, 3.63) is 35.2 Å². The predicted octanol–water partition coefficient (Wildman–Crippen LogP) is 1.89. The van der Waals surface area contributed by atoms with Crippen LogP contribution in [0.15, 0.2) is 18.2 Å². The molecule has 3 rings (SSSR count). The molecule has 1 aromatic heterocycles. The van der Waals surface area contributed by atoms with Gasteiger partial charge in [-0.15, -0.1) is 5.10 Å². The van der Waals surface area contributed by atoms with Crippen LogP contribution in [0.1, 0.15) is 30.8 Å². The number of ether oxygens (including phenoxy) is 1. The highest BCUT2D eigenvalue weighted by Crippen LogP contribution is 2.21. The Hall–Kier alpha value is -1.79. The number of aryl methyl sites for hydroxylation is 2. The number of hydrogen-bond donors (Lipinski definition) is 0. The lowest BCUT2D eigenvalue weighted by Gasteiger charge is -2.37. The second-order valence-electron chi connectivity index (χ2n) is 6.57. The molecule has 0 atom stereocenters. The average Bonchev–Trinajstić information content (AvgIpc) is 2.85. The smallest absolute Gasteiger partial charge is 0.170 e. The van der Waals surface area contributed by atoms with Crippen molar-refractivity contribution >= 4 is 0 Å². The Balaban J connectivity index is 1.87. The van der Waals surface area contributed by atoms with Crippen molar-refractivity contribution in [3.63, 3.8) is 0 Å². The van der Waals surface area contributed by atoms with Gasteiger partial charge in [0.25, 0.3) is 0 Å². The van der Waals surface area contributed by atoms with Gasteiger partial charge in [0.05, 0.1) is 24.4 Å². The lowest BCUT2D eigenvalue weighted by molar-refractivity contribution is -0.0889. The molecule has 1 aromatic carbocycles. The van der Waals surface area contributed by atoms with E-state index in [9.17, 15) is 0 Å². The van der Waals surface area contributed by atoms with E-state index >= 15 is 0 Å². The molecule has 0 amide bonds. The lowest BCUT2D eigenvalue weighted by atomic mass is 10.1. The van der Waals surface area contributed by atoms with Gasteiger partial charge in [-0.1, -0.05) is 18.2 Å². The number of rotatable bonds is 3. The second kappa shape index (κ2) is 5.78. The average molecular weight is 301 g/mol. The summed E-state index contributed by atoms with van der Waals surface area (Å²) in [7, 11) is 0. The van der Waals surface area contributed by atoms with E-state index in [1.807, 2.05) is 4.68 Å². The molecule has 1 aliphatic heterocycles. The van der Waals surface area contributed by atoms with Crippen molar-refractivity contribution in [2.24, 2.45) is 0 Å². The maximum absolute atomic E-state index is 5.77. The van der Waals surface area contributed by atoms with Gasteiger partial charge < -0.3 is 4.74 Å². The first-order valence-electron chi connectivity index (χ1n) is 7.66. The van der Waals surface area contributed by atoms with Gasteiger partial charge in [0, 0.05) is 13.1 Å². The third kappa shape index (κ3) is 3.03. The van der Waals surface area contributed by atoms with E-state index in [1.165, 1.54) is 11.1 Å². The number of morpholine rings is 1. The summed E-state index contributed by atoms with van der Waals surface area (Å²) in [4.78, 5) is 2.35. The fraction of sp³-hybridized carbons (Fsp3) is 0.562. The van der Waals surface area contributed by atoms with E-state index in [1.54, 1.807) is 0 Å². The minimum Gasteiger partial charge on any atom is -0.373 e. The van der Waals surface area contributed by atoms with Gasteiger partial charge in [-0.2, -0.15) is 4.68 Å². The highest BCUT2D eigenvalue weighted by atomic mass is 16.5. The summed E-state index contributed by atoms with van der Waals surface area (Å²) in [5.41, 5.74) is 3.32. The van der Waals surface area contributed by atoms with E-state index in [-0.39, 0.29) is 5.60 Å². The minimum atomic E-state index is -0.116. The number of benzene rings is 1. The normalized spacial score (nSPS) is 18.5. The van der Waals surface area contributed by atoms with Crippen molar-refractivity contribution in [1.82, 2.24) is 25.1 Å². The third-order valence-electron chi connectivity index (χ3n) is 4.06. The monoisotopic (exact) mass is 301 g/mol. The number of hydrogen-bond acceptors (Lipinski definition) is 5. The number of para-hydroxylation sites is 1. The summed E-state index contributed by atoms with van der Waals surface area (Å²) in [6.07, 6.45) is 0. The van der Waals surface area contributed by atoms with Gasteiger partial charge >= 0.3 is 0 Å². The Bertz CT molecular complexity index is 644. The van der Waals surface area contributed by atoms with Gasteiger partial charge in [0.2, 0.25) is 0 Å². The van der Waals surface area contributed by atoms with Crippen LogP contribution in [0.5, 0.6) is 0 Å². The van der Waals surface area contributed by atoms with E-state index in [4.69, 9.17) is 4.74 Å². The van der Waals surface area contributed by atoms with E-state index < -0.39 is 0 Å². The quantitative estimate of drug-likeness (QED) is 0.866. The first kappa shape index (κ1) is 15.1. The molecular formula is C16H23N5O. The van der Waals surface area contributed by atoms with Crippen LogP contribution in [0.3, 0.4) is 0 Å². The molecule has 0 unspecified atom stereocenters. The molecule has 1 aliphatic rings. The van der Waals surface area contributed by atoms with Gasteiger partial charge in [0.15, 0.2) is 5.82 Å². The number of nitrogens with zero attached hydrogens (tertiary/aromatic N) is 5. The van der Waals surface area contributed by atoms with Crippen LogP contribution in [0.25, 0.3) is 5.69 Å². The molecule has 1 fully saturated rings. The van der Waals surface area contributed by atoms with E-state index in [0.717, 1.165) is 37.8 Å². The largest absolute Gasteiger partial charge is 0.373 e. The lowest BCUT2D eigenvalue weighted by Crippen LogP contribution is -2.48. The van der Waals surface area contributed by atoms with Crippen molar-refractivity contribution < 1.29 is 4.74 Å². The van der Waals surface area contributed by atoms with Crippen molar-refractivity contribution in [2.75, 3.05) is 19.7 Å². The molecular weight excluding hydrogens is 278 g/mol. The first-order valence-corrected chi connectivity index (χ1v) is 7.66. The molecule has 0 spiro atoms. The third-order valence-corrected chi connectivity index (χ3v) is 4.06. The molecule has 6 nitrogen and oxygen atoms in total. The first-order chi connectivity index (χ1) is 10.5. The molecule has 0 saturated carbocycles. The Morgan fingerprint density at radius 2 is 1.95 bits per heavy atom. The van der Waals surface area contributed by atoms with Gasteiger partial charge in [0.1, 0.15) is 0 Å². The molecule has 1 saturated heterocycles. The maximum Gasteiger partial charge on any atom is 0.170 e. The van der Waals surface area contributed by atoms with Crippen molar-refractivity contribution in [1.29, 1.82) is 0 Å². The molecule has 118 valence electrons. The standard InChI is InChI=1S/C16H23N5O/c1-12-6-5-7-13(2)15(12)21-14(17-18-19-21)10-20-8-9-22-16(3,4)11-20/h5-7H,8-11H2,1-4H3. The van der Waals surface area contributed by atoms with Crippen LogP contribution in [0.4, 0.5) is 0 Å². The van der Waals surface area contributed by atoms with Crippen LogP contribution in [-0.4, -0.2) is 50.4 Å². The van der Waals surface area contributed by atoms with Crippen molar-refractivity contribution in [3.8, 4) is 5.69 Å². The molecule has 0 bridgehead atoms. The topological polar surface area (TPSA) is 56.1 Å². The van der Waals surface area contributed by atoms with Gasteiger partial charge in [-0.25, -0.2) is 0 Å². The minimum absolute atomic E-state index is 0.116. The second-order valence-corrected chi connectivity index (χ2v) is 6.57. The molecule has 0 N–H and O–H groups in total. The van der Waals surface area contributed by atoms with Crippen LogP contribution >= 0.6 is 0 Å². The van der Waals surface area contributed by atoms with E-state index in [2.05, 4.69) is 66.3 Å². The zero-order valence-electron chi connectivity index (χ0n) is 13.7. The SMILES string of the molecule is Cc1cccc(C)c1-n1nnnc1CN1CCOC(C)(C)C1. The Labute approximate surface area is 131 Å². The zero-order chi connectivity index (χ0) is 15.7. The molecule has 0 aliphatic carbocycles. The molecule has 22 heavy (non-hydrogen) atoms. The zero-order valence-corrected chi connectivity index (χ0v) is 13.7. The summed E-state index contributed by atoms with van der Waals surface area (Å²) < 4.78 is 7.64. The Kier molecular flexibility index (Phi) is 3.97. The fourth-order valence-electron chi connectivity index (χ4n) is 3.07.